The van der Waals surface area contributed by atoms with Crippen molar-refractivity contribution in [3.63, 3.8) is 0 Å². The van der Waals surface area contributed by atoms with Crippen LogP contribution in [0.2, 0.25) is 0 Å². The number of Topliss-reactive ketones (excluding diaryl/α,β-unsaturated/α-hetero) is 1. The Morgan fingerprint density at radius 2 is 1.93 bits per heavy atom. The molecular weight excluding hydrogens is 366 g/mol. The highest BCUT2D eigenvalue weighted by Gasteiger charge is 2.34. The minimum Gasteiger partial charge on any atom is -0.493 e. The van der Waals surface area contributed by atoms with E-state index in [1.165, 1.54) is 11.3 Å². The third kappa shape index (κ3) is 5.07. The van der Waals surface area contributed by atoms with Crippen molar-refractivity contribution in [3.05, 3.63) is 29.3 Å². The summed E-state index contributed by atoms with van der Waals surface area (Å²) in [6.07, 6.45) is 1.34. The van der Waals surface area contributed by atoms with E-state index >= 15 is 0 Å². The van der Waals surface area contributed by atoms with Crippen molar-refractivity contribution in [2.24, 2.45) is 5.41 Å². The number of nitrogens with zero attached hydrogens (tertiary/aromatic N) is 1. The maximum Gasteiger partial charge on any atom is 0.309 e. The zero-order valence-corrected chi connectivity index (χ0v) is 16.9. The molecular formula is C20H25NO5S. The maximum atomic E-state index is 12.4. The van der Waals surface area contributed by atoms with Crippen LogP contribution in [0.1, 0.15) is 38.8 Å². The van der Waals surface area contributed by atoms with Crippen molar-refractivity contribution in [3.8, 4) is 22.1 Å². The van der Waals surface area contributed by atoms with Crippen molar-refractivity contribution in [2.75, 3.05) is 14.2 Å². The highest BCUT2D eigenvalue weighted by atomic mass is 32.1. The van der Waals surface area contributed by atoms with Gasteiger partial charge >= 0.3 is 5.97 Å². The lowest BCUT2D eigenvalue weighted by molar-refractivity contribution is -0.150. The summed E-state index contributed by atoms with van der Waals surface area (Å²) in [5.41, 5.74) is 0.505. The Morgan fingerprint density at radius 3 is 2.52 bits per heavy atom. The molecule has 0 saturated heterocycles. The van der Waals surface area contributed by atoms with Crippen LogP contribution in [-0.2, 0) is 16.0 Å². The largest absolute Gasteiger partial charge is 0.493 e. The number of hydrogen-bond donors (Lipinski definition) is 1. The molecule has 0 aliphatic heterocycles. The van der Waals surface area contributed by atoms with Crippen molar-refractivity contribution < 1.29 is 24.2 Å². The molecule has 2 rings (SSSR count). The van der Waals surface area contributed by atoms with E-state index in [0.29, 0.717) is 23.6 Å². The molecule has 1 heterocycles. The molecule has 6 nitrogen and oxygen atoms in total. The van der Waals surface area contributed by atoms with Gasteiger partial charge in [0.1, 0.15) is 10.8 Å². The number of hydrogen-bond acceptors (Lipinski definition) is 6. The predicted molar refractivity (Wildman–Crippen MR) is 105 cm³/mol. The minimum atomic E-state index is -1.02. The average molecular weight is 391 g/mol. The van der Waals surface area contributed by atoms with Gasteiger partial charge in [0.15, 0.2) is 11.5 Å². The highest BCUT2D eigenvalue weighted by Crippen LogP contribution is 2.34. The quantitative estimate of drug-likeness (QED) is 0.653. The van der Waals surface area contributed by atoms with Gasteiger partial charge in [0, 0.05) is 23.8 Å². The normalized spacial score (nSPS) is 13.0. The van der Waals surface area contributed by atoms with Crippen LogP contribution < -0.4 is 9.47 Å². The van der Waals surface area contributed by atoms with E-state index in [9.17, 15) is 14.7 Å². The predicted octanol–water partition coefficient (Wildman–Crippen LogP) is 4.22. The maximum absolute atomic E-state index is 12.4. The van der Waals surface area contributed by atoms with Gasteiger partial charge in [-0.25, -0.2) is 4.98 Å². The van der Waals surface area contributed by atoms with E-state index in [1.807, 2.05) is 30.5 Å². The van der Waals surface area contributed by atoms with Gasteiger partial charge in [-0.05, 0) is 31.5 Å². The third-order valence-corrected chi connectivity index (χ3v) is 5.41. The van der Waals surface area contributed by atoms with Crippen molar-refractivity contribution in [1.29, 1.82) is 0 Å². The molecule has 1 N–H and O–H groups in total. The molecule has 7 heteroatoms. The average Bonchev–Trinajstić information content (AvgIpc) is 3.09. The number of carboxylic acid groups (broad SMARTS) is 1. The van der Waals surface area contributed by atoms with Gasteiger partial charge in [-0.1, -0.05) is 13.3 Å². The molecule has 2 aromatic rings. The number of ketones is 1. The lowest BCUT2D eigenvalue weighted by atomic mass is 9.80. The molecule has 27 heavy (non-hydrogen) atoms. The van der Waals surface area contributed by atoms with Gasteiger partial charge in [0.2, 0.25) is 0 Å². The third-order valence-electron chi connectivity index (χ3n) is 4.47. The molecule has 0 aliphatic carbocycles. The molecule has 146 valence electrons. The first-order chi connectivity index (χ1) is 12.8. The van der Waals surface area contributed by atoms with E-state index in [-0.39, 0.29) is 18.6 Å². The second-order valence-corrected chi connectivity index (χ2v) is 7.58. The zero-order valence-electron chi connectivity index (χ0n) is 16.1. The summed E-state index contributed by atoms with van der Waals surface area (Å²) < 4.78 is 10.5. The number of methoxy groups -OCH3 is 2. The van der Waals surface area contributed by atoms with Crippen molar-refractivity contribution in [2.45, 2.75) is 39.5 Å². The topological polar surface area (TPSA) is 85.7 Å². The molecule has 0 spiro atoms. The lowest BCUT2D eigenvalue weighted by Gasteiger charge is -2.23. The smallest absolute Gasteiger partial charge is 0.309 e. The van der Waals surface area contributed by atoms with Crippen LogP contribution in [0.3, 0.4) is 0 Å². The minimum absolute atomic E-state index is 0.0133. The van der Waals surface area contributed by atoms with E-state index < -0.39 is 11.4 Å². The molecule has 0 fully saturated rings. The molecule has 0 saturated carbocycles. The summed E-state index contributed by atoms with van der Waals surface area (Å²) in [5.74, 6) is 0.205. The molecule has 0 aliphatic rings. The lowest BCUT2D eigenvalue weighted by Crippen LogP contribution is -2.30. The Hall–Kier alpha value is -2.41. The van der Waals surface area contributed by atoms with Gasteiger partial charge in [-0.3, -0.25) is 9.59 Å². The first kappa shape index (κ1) is 20.9. The summed E-state index contributed by atoms with van der Waals surface area (Å²) in [7, 11) is 3.15. The van der Waals surface area contributed by atoms with E-state index in [1.54, 1.807) is 21.1 Å². The number of benzene rings is 1. The first-order valence-electron chi connectivity index (χ1n) is 8.75. The van der Waals surface area contributed by atoms with Crippen LogP contribution in [0.4, 0.5) is 0 Å². The van der Waals surface area contributed by atoms with Gasteiger partial charge in [-0.15, -0.1) is 11.3 Å². The Kier molecular flexibility index (Phi) is 6.96. The van der Waals surface area contributed by atoms with Crippen LogP contribution in [0.15, 0.2) is 23.6 Å². The van der Waals surface area contributed by atoms with Gasteiger partial charge < -0.3 is 14.6 Å². The zero-order chi connectivity index (χ0) is 20.0. The number of carboxylic acids is 1. The number of aromatic nitrogens is 1. The number of ether oxygens (including phenoxy) is 2. The molecule has 1 atom stereocenters. The molecule has 1 aromatic heterocycles. The molecule has 1 unspecified atom stereocenters. The first-order valence-corrected chi connectivity index (χ1v) is 9.62. The van der Waals surface area contributed by atoms with Crippen LogP contribution in [0.25, 0.3) is 10.6 Å². The fourth-order valence-corrected chi connectivity index (χ4v) is 3.83. The van der Waals surface area contributed by atoms with Crippen LogP contribution in [0.5, 0.6) is 11.5 Å². The highest BCUT2D eigenvalue weighted by molar-refractivity contribution is 7.13. The number of carbonyl (C=O) groups is 2. The van der Waals surface area contributed by atoms with Crippen LogP contribution in [0, 0.1) is 5.41 Å². The Labute approximate surface area is 163 Å². The summed E-state index contributed by atoms with van der Waals surface area (Å²) >= 11 is 1.44. The summed E-state index contributed by atoms with van der Waals surface area (Å²) in [5, 5.41) is 12.0. The Morgan fingerprint density at radius 1 is 1.22 bits per heavy atom. The number of aliphatic carboxylic acids is 1. The number of rotatable bonds is 10. The molecule has 0 radical (unpaired) electrons. The number of carbonyl (C=O) groups excluding carboxylic acids is 1. The Balaban J connectivity index is 2.12. The summed E-state index contributed by atoms with van der Waals surface area (Å²) in [6.45, 7) is 3.55. The fourth-order valence-electron chi connectivity index (χ4n) is 3.01. The number of thiazole rings is 1. The van der Waals surface area contributed by atoms with E-state index in [2.05, 4.69) is 4.98 Å². The Bertz CT molecular complexity index is 816. The van der Waals surface area contributed by atoms with Crippen molar-refractivity contribution in [1.82, 2.24) is 4.98 Å². The SMILES string of the molecule is CCCC(C)(CC(=O)Cc1csc(-c2ccc(OC)c(OC)c2)n1)C(=O)O. The molecule has 0 bridgehead atoms. The second-order valence-electron chi connectivity index (χ2n) is 6.72. The monoisotopic (exact) mass is 391 g/mol. The molecule has 0 amide bonds. The summed E-state index contributed by atoms with van der Waals surface area (Å²) in [4.78, 5) is 28.4. The van der Waals surface area contributed by atoms with Crippen LogP contribution >= 0.6 is 11.3 Å². The van der Waals surface area contributed by atoms with Gasteiger partial charge in [-0.2, -0.15) is 0 Å². The molecule has 1 aromatic carbocycles. The summed E-state index contributed by atoms with van der Waals surface area (Å²) in [6, 6.07) is 5.53. The van der Waals surface area contributed by atoms with Crippen LogP contribution in [-0.4, -0.2) is 36.1 Å². The van der Waals surface area contributed by atoms with Gasteiger partial charge in [0.25, 0.3) is 0 Å². The van der Waals surface area contributed by atoms with E-state index in [4.69, 9.17) is 9.47 Å². The van der Waals surface area contributed by atoms with E-state index in [0.717, 1.165) is 17.0 Å². The fraction of sp³-hybridized carbons (Fsp3) is 0.450. The standard InChI is InChI=1S/C20H25NO5S/c1-5-8-20(2,19(23)24)11-15(22)10-14-12-27-18(21-14)13-6-7-16(25-3)17(9-13)26-4/h6-7,9,12H,5,8,10-11H2,1-4H3,(H,23,24). The second kappa shape index (κ2) is 8.99. The van der Waals surface area contributed by atoms with Crippen molar-refractivity contribution >= 4 is 23.1 Å². The van der Waals surface area contributed by atoms with Gasteiger partial charge in [0.05, 0.1) is 25.3 Å².